The molecular formula is C24H35IN4O. The van der Waals surface area contributed by atoms with Crippen LogP contribution in [0.25, 0.3) is 0 Å². The molecule has 2 unspecified atom stereocenters. The van der Waals surface area contributed by atoms with Crippen LogP contribution in [-0.4, -0.2) is 43.6 Å². The Hall–Kier alpha value is -1.80. The van der Waals surface area contributed by atoms with Gasteiger partial charge in [0, 0.05) is 38.8 Å². The largest absolute Gasteiger partial charge is 0.496 e. The Labute approximate surface area is 198 Å². The predicted molar refractivity (Wildman–Crippen MR) is 136 cm³/mol. The zero-order valence-electron chi connectivity index (χ0n) is 18.5. The van der Waals surface area contributed by atoms with Gasteiger partial charge in [0.1, 0.15) is 5.75 Å². The molecule has 2 aromatic rings. The monoisotopic (exact) mass is 522 g/mol. The van der Waals surface area contributed by atoms with Crippen LogP contribution in [0.5, 0.6) is 5.75 Å². The van der Waals surface area contributed by atoms with Gasteiger partial charge in [0.15, 0.2) is 5.96 Å². The van der Waals surface area contributed by atoms with E-state index >= 15 is 0 Å². The van der Waals surface area contributed by atoms with Crippen molar-refractivity contribution in [1.29, 1.82) is 0 Å². The van der Waals surface area contributed by atoms with E-state index in [-0.39, 0.29) is 24.0 Å². The van der Waals surface area contributed by atoms with Crippen LogP contribution in [0, 0.1) is 6.92 Å². The summed E-state index contributed by atoms with van der Waals surface area (Å²) in [6, 6.07) is 18.0. The zero-order chi connectivity index (χ0) is 20.6. The topological polar surface area (TPSA) is 48.9 Å². The van der Waals surface area contributed by atoms with Gasteiger partial charge in [0.05, 0.1) is 7.11 Å². The van der Waals surface area contributed by atoms with Crippen molar-refractivity contribution in [2.75, 3.05) is 20.7 Å². The van der Waals surface area contributed by atoms with Crippen molar-refractivity contribution in [2.24, 2.45) is 4.99 Å². The van der Waals surface area contributed by atoms with Crippen LogP contribution in [-0.2, 0) is 13.1 Å². The number of aliphatic imine (C=N–C) groups is 1. The fourth-order valence-corrected chi connectivity index (χ4v) is 3.95. The van der Waals surface area contributed by atoms with Crippen molar-refractivity contribution in [1.82, 2.24) is 15.5 Å². The van der Waals surface area contributed by atoms with Crippen LogP contribution in [0.4, 0.5) is 0 Å². The Bertz CT molecular complexity index is 812. The average Bonchev–Trinajstić information content (AvgIpc) is 2.74. The predicted octanol–water partition coefficient (Wildman–Crippen LogP) is 4.34. The summed E-state index contributed by atoms with van der Waals surface area (Å²) in [5, 5.41) is 7.05. The van der Waals surface area contributed by atoms with Crippen molar-refractivity contribution in [3.8, 4) is 5.75 Å². The van der Waals surface area contributed by atoms with Crippen LogP contribution < -0.4 is 15.4 Å². The quantitative estimate of drug-likeness (QED) is 0.337. The average molecular weight is 522 g/mol. The zero-order valence-corrected chi connectivity index (χ0v) is 20.9. The third-order valence-electron chi connectivity index (χ3n) is 5.74. The van der Waals surface area contributed by atoms with Gasteiger partial charge in [-0.1, -0.05) is 42.5 Å². The number of hydrogen-bond donors (Lipinski definition) is 2. The third kappa shape index (κ3) is 6.87. The van der Waals surface area contributed by atoms with Crippen LogP contribution in [0.2, 0.25) is 0 Å². The van der Waals surface area contributed by atoms with Crippen LogP contribution >= 0.6 is 24.0 Å². The second-order valence-corrected chi connectivity index (χ2v) is 7.90. The smallest absolute Gasteiger partial charge is 0.191 e. The highest BCUT2D eigenvalue weighted by Gasteiger charge is 2.25. The lowest BCUT2D eigenvalue weighted by atomic mass is 9.97. The molecule has 2 aromatic carbocycles. The van der Waals surface area contributed by atoms with Gasteiger partial charge in [-0.2, -0.15) is 0 Å². The summed E-state index contributed by atoms with van der Waals surface area (Å²) >= 11 is 0. The maximum Gasteiger partial charge on any atom is 0.191 e. The van der Waals surface area contributed by atoms with E-state index in [2.05, 4.69) is 82.9 Å². The van der Waals surface area contributed by atoms with Gasteiger partial charge in [-0.3, -0.25) is 9.89 Å². The molecule has 1 aliphatic heterocycles. The standard InChI is InChI=1S/C24H34N4O.HI/c1-18-10-11-21(15-23(18)29-4)16-26-24(25-3)27-22-12-13-28(19(2)14-22)17-20-8-6-5-7-9-20;/h5-11,15,19,22H,12-14,16-17H2,1-4H3,(H2,25,26,27);1H. The number of likely N-dealkylation sites (tertiary alicyclic amines) is 1. The first kappa shape index (κ1) is 24.5. The minimum Gasteiger partial charge on any atom is -0.496 e. The number of benzene rings is 2. The van der Waals surface area contributed by atoms with E-state index in [1.54, 1.807) is 7.11 Å². The molecule has 5 nitrogen and oxygen atoms in total. The van der Waals surface area contributed by atoms with Gasteiger partial charge in [0.2, 0.25) is 0 Å². The number of nitrogens with one attached hydrogen (secondary N) is 2. The van der Waals surface area contributed by atoms with Gasteiger partial charge >= 0.3 is 0 Å². The van der Waals surface area contributed by atoms with E-state index in [0.29, 0.717) is 12.1 Å². The summed E-state index contributed by atoms with van der Waals surface area (Å²) < 4.78 is 5.43. The molecule has 0 spiro atoms. The number of ether oxygens (including phenoxy) is 1. The van der Waals surface area contributed by atoms with Crippen LogP contribution in [0.1, 0.15) is 36.5 Å². The number of rotatable bonds is 6. The van der Waals surface area contributed by atoms with Gasteiger partial charge in [-0.05, 0) is 49.4 Å². The lowest BCUT2D eigenvalue weighted by Crippen LogP contribution is -2.51. The molecule has 3 rings (SSSR count). The van der Waals surface area contributed by atoms with E-state index in [1.165, 1.54) is 11.1 Å². The number of nitrogens with zero attached hydrogens (tertiary/aromatic N) is 2. The number of methoxy groups -OCH3 is 1. The Morgan fingerprint density at radius 1 is 1.17 bits per heavy atom. The fourth-order valence-electron chi connectivity index (χ4n) is 3.95. The minimum atomic E-state index is 0. The summed E-state index contributed by atoms with van der Waals surface area (Å²) in [4.78, 5) is 6.99. The van der Waals surface area contributed by atoms with E-state index in [0.717, 1.165) is 49.7 Å². The molecule has 0 bridgehead atoms. The first-order valence-corrected chi connectivity index (χ1v) is 10.5. The first-order valence-electron chi connectivity index (χ1n) is 10.5. The van der Waals surface area contributed by atoms with Gasteiger partial charge in [0.25, 0.3) is 0 Å². The summed E-state index contributed by atoms with van der Waals surface area (Å²) in [7, 11) is 3.55. The number of hydrogen-bond acceptors (Lipinski definition) is 3. The number of halogens is 1. The number of guanidine groups is 1. The Morgan fingerprint density at radius 3 is 2.60 bits per heavy atom. The molecule has 1 fully saturated rings. The highest BCUT2D eigenvalue weighted by atomic mass is 127. The van der Waals surface area contributed by atoms with E-state index in [4.69, 9.17) is 4.74 Å². The maximum absolute atomic E-state index is 5.43. The van der Waals surface area contributed by atoms with E-state index < -0.39 is 0 Å². The Kier molecular flexibility index (Phi) is 9.91. The second kappa shape index (κ2) is 12.2. The first-order chi connectivity index (χ1) is 14.1. The Balaban J connectivity index is 0.00000320. The lowest BCUT2D eigenvalue weighted by molar-refractivity contribution is 0.134. The normalized spacial score (nSPS) is 19.7. The molecule has 1 aliphatic rings. The molecule has 2 N–H and O–H groups in total. The molecule has 30 heavy (non-hydrogen) atoms. The van der Waals surface area contributed by atoms with Gasteiger partial charge in [-0.25, -0.2) is 0 Å². The molecule has 1 heterocycles. The third-order valence-corrected chi connectivity index (χ3v) is 5.74. The van der Waals surface area contributed by atoms with Crippen LogP contribution in [0.15, 0.2) is 53.5 Å². The lowest BCUT2D eigenvalue weighted by Gasteiger charge is -2.38. The molecule has 0 radical (unpaired) electrons. The SMILES string of the molecule is CN=C(NCc1ccc(C)c(OC)c1)NC1CCN(Cc2ccccc2)C(C)C1.I. The molecule has 164 valence electrons. The van der Waals surface area contributed by atoms with E-state index in [9.17, 15) is 0 Å². The van der Waals surface area contributed by atoms with Gasteiger partial charge < -0.3 is 15.4 Å². The van der Waals surface area contributed by atoms with Crippen molar-refractivity contribution < 1.29 is 4.74 Å². The maximum atomic E-state index is 5.43. The van der Waals surface area contributed by atoms with Gasteiger partial charge in [-0.15, -0.1) is 24.0 Å². The number of piperidine rings is 1. The van der Waals surface area contributed by atoms with Crippen molar-refractivity contribution in [2.45, 2.75) is 51.9 Å². The summed E-state index contributed by atoms with van der Waals surface area (Å²) in [6.07, 6.45) is 2.24. The number of aryl methyl sites for hydroxylation is 1. The summed E-state index contributed by atoms with van der Waals surface area (Å²) in [6.45, 7) is 7.23. The minimum absolute atomic E-state index is 0. The second-order valence-electron chi connectivity index (χ2n) is 7.90. The van der Waals surface area contributed by atoms with Crippen molar-refractivity contribution >= 4 is 29.9 Å². The fraction of sp³-hybridized carbons (Fsp3) is 0.458. The highest BCUT2D eigenvalue weighted by molar-refractivity contribution is 14.0. The molecule has 0 amide bonds. The van der Waals surface area contributed by atoms with Crippen molar-refractivity contribution in [3.63, 3.8) is 0 Å². The molecule has 2 atom stereocenters. The summed E-state index contributed by atoms with van der Waals surface area (Å²) in [5.74, 6) is 1.78. The summed E-state index contributed by atoms with van der Waals surface area (Å²) in [5.41, 5.74) is 3.72. The Morgan fingerprint density at radius 2 is 1.93 bits per heavy atom. The van der Waals surface area contributed by atoms with Crippen molar-refractivity contribution in [3.05, 3.63) is 65.2 Å². The molecule has 0 saturated carbocycles. The molecule has 0 aliphatic carbocycles. The highest BCUT2D eigenvalue weighted by Crippen LogP contribution is 2.20. The van der Waals surface area contributed by atoms with Crippen LogP contribution in [0.3, 0.4) is 0 Å². The molecule has 0 aromatic heterocycles. The van der Waals surface area contributed by atoms with E-state index in [1.807, 2.05) is 7.05 Å². The molecule has 6 heteroatoms. The molecular weight excluding hydrogens is 487 g/mol. The molecule has 1 saturated heterocycles.